The van der Waals surface area contributed by atoms with Crippen molar-refractivity contribution < 1.29 is 19.1 Å². The first kappa shape index (κ1) is 20.3. The van der Waals surface area contributed by atoms with Gasteiger partial charge in [-0.15, -0.1) is 0 Å². The van der Waals surface area contributed by atoms with E-state index in [0.717, 1.165) is 5.56 Å². The minimum Gasteiger partial charge on any atom is -0.497 e. The predicted molar refractivity (Wildman–Crippen MR) is 116 cm³/mol. The topological polar surface area (TPSA) is 93.7 Å². The highest BCUT2D eigenvalue weighted by atomic mass is 16.5. The van der Waals surface area contributed by atoms with Crippen LogP contribution in [0.4, 0.5) is 11.4 Å². The number of rotatable bonds is 6. The molecule has 158 valence electrons. The molecular formula is C23H22N4O4. The van der Waals surface area contributed by atoms with Crippen molar-refractivity contribution in [3.63, 3.8) is 0 Å². The van der Waals surface area contributed by atoms with Gasteiger partial charge in [-0.1, -0.05) is 30.3 Å². The standard InChI is InChI=1S/C23H22N4O4/c1-30-18-8-9-20(31-2)19(11-18)27-14-16(10-21(27)28)23(29)26-17-12-24-22(25-13-17)15-6-4-3-5-7-15/h3-9,11-13,16H,10,14H2,1-2H3,(H,26,29). The van der Waals surface area contributed by atoms with E-state index in [-0.39, 0.29) is 24.8 Å². The van der Waals surface area contributed by atoms with Crippen LogP contribution in [0, 0.1) is 5.92 Å². The molecule has 1 unspecified atom stereocenters. The summed E-state index contributed by atoms with van der Waals surface area (Å²) in [5.41, 5.74) is 1.96. The van der Waals surface area contributed by atoms with Crippen molar-refractivity contribution in [2.75, 3.05) is 31.0 Å². The number of hydrogen-bond acceptors (Lipinski definition) is 6. The van der Waals surface area contributed by atoms with Gasteiger partial charge in [-0.05, 0) is 12.1 Å². The maximum absolute atomic E-state index is 12.8. The van der Waals surface area contributed by atoms with E-state index in [1.165, 1.54) is 7.11 Å². The summed E-state index contributed by atoms with van der Waals surface area (Å²) in [4.78, 5) is 35.6. The van der Waals surface area contributed by atoms with E-state index < -0.39 is 5.92 Å². The summed E-state index contributed by atoms with van der Waals surface area (Å²) < 4.78 is 10.6. The van der Waals surface area contributed by atoms with Crippen molar-refractivity contribution in [3.05, 3.63) is 60.9 Å². The number of carbonyl (C=O) groups is 2. The summed E-state index contributed by atoms with van der Waals surface area (Å²) in [5.74, 6) is 0.812. The van der Waals surface area contributed by atoms with Gasteiger partial charge in [-0.2, -0.15) is 0 Å². The Kier molecular flexibility index (Phi) is 5.79. The molecule has 1 aliphatic heterocycles. The largest absolute Gasteiger partial charge is 0.497 e. The van der Waals surface area contributed by atoms with E-state index in [1.807, 2.05) is 30.3 Å². The fourth-order valence-electron chi connectivity index (χ4n) is 3.50. The molecule has 0 spiro atoms. The van der Waals surface area contributed by atoms with Gasteiger partial charge < -0.3 is 19.7 Å². The minimum absolute atomic E-state index is 0.106. The van der Waals surface area contributed by atoms with E-state index in [4.69, 9.17) is 9.47 Å². The molecule has 4 rings (SSSR count). The molecule has 1 N–H and O–H groups in total. The number of anilines is 2. The predicted octanol–water partition coefficient (Wildman–Crippen LogP) is 3.15. The van der Waals surface area contributed by atoms with Gasteiger partial charge in [0.25, 0.3) is 0 Å². The molecule has 8 nitrogen and oxygen atoms in total. The smallest absolute Gasteiger partial charge is 0.229 e. The third kappa shape index (κ3) is 4.32. The number of nitrogens with one attached hydrogen (secondary N) is 1. The molecular weight excluding hydrogens is 396 g/mol. The number of nitrogens with zero attached hydrogens (tertiary/aromatic N) is 3. The van der Waals surface area contributed by atoms with Gasteiger partial charge in [0, 0.05) is 24.6 Å². The van der Waals surface area contributed by atoms with Crippen LogP contribution in [0.15, 0.2) is 60.9 Å². The molecule has 3 aromatic rings. The normalized spacial score (nSPS) is 15.6. The zero-order valence-corrected chi connectivity index (χ0v) is 17.2. The SMILES string of the molecule is COc1ccc(OC)c(N2CC(C(=O)Nc3cnc(-c4ccccc4)nc3)CC2=O)c1. The molecule has 0 bridgehead atoms. The van der Waals surface area contributed by atoms with Crippen LogP contribution in [-0.2, 0) is 9.59 Å². The number of carbonyl (C=O) groups excluding carboxylic acids is 2. The number of methoxy groups -OCH3 is 2. The molecule has 2 heterocycles. The van der Waals surface area contributed by atoms with Crippen LogP contribution in [0.25, 0.3) is 11.4 Å². The van der Waals surface area contributed by atoms with Crippen LogP contribution < -0.4 is 19.7 Å². The van der Waals surface area contributed by atoms with Crippen molar-refractivity contribution in [3.8, 4) is 22.9 Å². The third-order valence-electron chi connectivity index (χ3n) is 5.12. The second-order valence-corrected chi connectivity index (χ2v) is 7.09. The van der Waals surface area contributed by atoms with Crippen LogP contribution in [0.1, 0.15) is 6.42 Å². The van der Waals surface area contributed by atoms with Crippen LogP contribution in [0.3, 0.4) is 0 Å². The van der Waals surface area contributed by atoms with Gasteiger partial charge in [0.15, 0.2) is 5.82 Å². The highest BCUT2D eigenvalue weighted by molar-refractivity contribution is 6.04. The first-order valence-corrected chi connectivity index (χ1v) is 9.79. The van der Waals surface area contributed by atoms with Crippen molar-refractivity contribution in [1.82, 2.24) is 9.97 Å². The quantitative estimate of drug-likeness (QED) is 0.661. The van der Waals surface area contributed by atoms with Crippen molar-refractivity contribution in [1.29, 1.82) is 0 Å². The monoisotopic (exact) mass is 418 g/mol. The summed E-state index contributed by atoms with van der Waals surface area (Å²) >= 11 is 0. The average Bonchev–Trinajstić information content (AvgIpc) is 3.21. The Balaban J connectivity index is 1.45. The summed E-state index contributed by atoms with van der Waals surface area (Å²) in [5, 5.41) is 2.81. The first-order chi connectivity index (χ1) is 15.1. The number of hydrogen-bond donors (Lipinski definition) is 1. The number of benzene rings is 2. The molecule has 0 radical (unpaired) electrons. The van der Waals surface area contributed by atoms with Crippen molar-refractivity contribution in [2.24, 2.45) is 5.92 Å². The lowest BCUT2D eigenvalue weighted by Crippen LogP contribution is -2.28. The van der Waals surface area contributed by atoms with Crippen LogP contribution in [0.2, 0.25) is 0 Å². The molecule has 1 atom stereocenters. The molecule has 1 aliphatic rings. The minimum atomic E-state index is -0.503. The second kappa shape index (κ2) is 8.83. The third-order valence-corrected chi connectivity index (χ3v) is 5.12. The second-order valence-electron chi connectivity index (χ2n) is 7.09. The summed E-state index contributed by atoms with van der Waals surface area (Å²) in [6.07, 6.45) is 3.23. The molecule has 1 saturated heterocycles. The Morgan fingerprint density at radius 2 is 1.81 bits per heavy atom. The number of aromatic nitrogens is 2. The van der Waals surface area contributed by atoms with Crippen LogP contribution in [-0.4, -0.2) is 42.5 Å². The van der Waals surface area contributed by atoms with E-state index >= 15 is 0 Å². The Hall–Kier alpha value is -3.94. The molecule has 8 heteroatoms. The fraction of sp³-hybridized carbons (Fsp3) is 0.217. The average molecular weight is 418 g/mol. The number of ether oxygens (including phenoxy) is 2. The van der Waals surface area contributed by atoms with E-state index in [2.05, 4.69) is 15.3 Å². The summed E-state index contributed by atoms with van der Waals surface area (Å²) in [6, 6.07) is 14.8. The van der Waals surface area contributed by atoms with Crippen molar-refractivity contribution in [2.45, 2.75) is 6.42 Å². The highest BCUT2D eigenvalue weighted by Crippen LogP contribution is 2.36. The van der Waals surface area contributed by atoms with Gasteiger partial charge in [0.2, 0.25) is 11.8 Å². The molecule has 31 heavy (non-hydrogen) atoms. The van der Waals surface area contributed by atoms with Gasteiger partial charge in [-0.3, -0.25) is 9.59 Å². The van der Waals surface area contributed by atoms with Crippen molar-refractivity contribution >= 4 is 23.2 Å². The van der Waals surface area contributed by atoms with Gasteiger partial charge in [0.1, 0.15) is 11.5 Å². The van der Waals surface area contributed by atoms with Gasteiger partial charge >= 0.3 is 0 Å². The molecule has 2 aromatic carbocycles. The van der Waals surface area contributed by atoms with E-state index in [0.29, 0.717) is 28.7 Å². The maximum Gasteiger partial charge on any atom is 0.229 e. The summed E-state index contributed by atoms with van der Waals surface area (Å²) in [7, 11) is 3.09. The Morgan fingerprint density at radius 1 is 1.06 bits per heavy atom. The zero-order chi connectivity index (χ0) is 21.8. The molecule has 2 amide bonds. The zero-order valence-electron chi connectivity index (χ0n) is 17.2. The van der Waals surface area contributed by atoms with E-state index in [1.54, 1.807) is 42.6 Å². The van der Waals surface area contributed by atoms with Gasteiger partial charge in [0.05, 0.1) is 43.9 Å². The van der Waals surface area contributed by atoms with E-state index in [9.17, 15) is 9.59 Å². The lowest BCUT2D eigenvalue weighted by atomic mass is 10.1. The highest BCUT2D eigenvalue weighted by Gasteiger charge is 2.36. The lowest BCUT2D eigenvalue weighted by molar-refractivity contribution is -0.122. The Labute approximate surface area is 179 Å². The Bertz CT molecular complexity index is 1090. The van der Waals surface area contributed by atoms with Crippen LogP contribution in [0.5, 0.6) is 11.5 Å². The lowest BCUT2D eigenvalue weighted by Gasteiger charge is -2.20. The number of amides is 2. The van der Waals surface area contributed by atoms with Crippen LogP contribution >= 0.6 is 0 Å². The molecule has 0 saturated carbocycles. The maximum atomic E-state index is 12.8. The van der Waals surface area contributed by atoms with Gasteiger partial charge in [-0.25, -0.2) is 9.97 Å². The molecule has 1 fully saturated rings. The Morgan fingerprint density at radius 3 is 2.48 bits per heavy atom. The fourth-order valence-corrected chi connectivity index (χ4v) is 3.50. The molecule has 1 aromatic heterocycles. The molecule has 0 aliphatic carbocycles. The summed E-state index contributed by atoms with van der Waals surface area (Å²) in [6.45, 7) is 0.247. The first-order valence-electron chi connectivity index (χ1n) is 9.79.